The zero-order chi connectivity index (χ0) is 12.3. The highest BCUT2D eigenvalue weighted by atomic mass is 16.3. The second-order valence-corrected chi connectivity index (χ2v) is 4.39. The summed E-state index contributed by atoms with van der Waals surface area (Å²) >= 11 is 0. The van der Waals surface area contributed by atoms with Gasteiger partial charge in [-0.15, -0.1) is 0 Å². The van der Waals surface area contributed by atoms with Gasteiger partial charge in [-0.3, -0.25) is 0 Å². The fraction of sp³-hybridized carbons (Fsp3) is 0.286. The van der Waals surface area contributed by atoms with Gasteiger partial charge in [-0.2, -0.15) is 0 Å². The molecule has 1 atom stereocenters. The van der Waals surface area contributed by atoms with Gasteiger partial charge in [-0.1, -0.05) is 12.1 Å². The lowest BCUT2D eigenvalue weighted by Crippen LogP contribution is -2.13. The Morgan fingerprint density at radius 3 is 2.41 bits per heavy atom. The van der Waals surface area contributed by atoms with Gasteiger partial charge in [0.25, 0.3) is 0 Å². The van der Waals surface area contributed by atoms with Crippen molar-refractivity contribution in [2.45, 2.75) is 12.5 Å². The maximum absolute atomic E-state index is 6.07. The van der Waals surface area contributed by atoms with Crippen LogP contribution in [0.4, 0.5) is 5.69 Å². The first-order valence-corrected chi connectivity index (χ1v) is 5.72. The molecular formula is C14H18N2O. The van der Waals surface area contributed by atoms with E-state index >= 15 is 0 Å². The summed E-state index contributed by atoms with van der Waals surface area (Å²) in [6, 6.07) is 12.1. The Balaban J connectivity index is 2.04. The van der Waals surface area contributed by atoms with Crippen LogP contribution in [0.15, 0.2) is 47.1 Å². The van der Waals surface area contributed by atoms with Gasteiger partial charge in [0.2, 0.25) is 0 Å². The van der Waals surface area contributed by atoms with E-state index in [2.05, 4.69) is 29.2 Å². The normalized spacial score (nSPS) is 12.4. The highest BCUT2D eigenvalue weighted by Gasteiger charge is 2.09. The van der Waals surface area contributed by atoms with Crippen LogP contribution in [0.3, 0.4) is 0 Å². The second-order valence-electron chi connectivity index (χ2n) is 4.39. The van der Waals surface area contributed by atoms with E-state index in [1.54, 1.807) is 6.26 Å². The number of anilines is 1. The second kappa shape index (κ2) is 5.06. The third kappa shape index (κ3) is 2.88. The van der Waals surface area contributed by atoms with Crippen molar-refractivity contribution in [2.75, 3.05) is 19.0 Å². The van der Waals surface area contributed by atoms with E-state index in [1.807, 2.05) is 26.2 Å². The number of hydrogen-bond acceptors (Lipinski definition) is 3. The van der Waals surface area contributed by atoms with E-state index in [9.17, 15) is 0 Å². The quantitative estimate of drug-likeness (QED) is 0.877. The van der Waals surface area contributed by atoms with E-state index in [4.69, 9.17) is 10.2 Å². The topological polar surface area (TPSA) is 42.4 Å². The Morgan fingerprint density at radius 2 is 1.88 bits per heavy atom. The molecule has 0 fully saturated rings. The lowest BCUT2D eigenvalue weighted by molar-refractivity contribution is 0.464. The predicted molar refractivity (Wildman–Crippen MR) is 70.1 cm³/mol. The molecule has 0 saturated carbocycles. The molecule has 90 valence electrons. The number of nitrogens with zero attached hydrogens (tertiary/aromatic N) is 1. The maximum atomic E-state index is 6.07. The van der Waals surface area contributed by atoms with Crippen LogP contribution in [0.25, 0.3) is 0 Å². The SMILES string of the molecule is CN(C)c1ccc(CC(N)c2ccco2)cc1. The lowest BCUT2D eigenvalue weighted by atomic mass is 10.0. The van der Waals surface area contributed by atoms with Gasteiger partial charge in [0.1, 0.15) is 5.76 Å². The van der Waals surface area contributed by atoms with Gasteiger partial charge < -0.3 is 15.1 Å². The molecule has 0 amide bonds. The summed E-state index contributed by atoms with van der Waals surface area (Å²) in [6.45, 7) is 0. The number of furan rings is 1. The van der Waals surface area contributed by atoms with E-state index in [1.165, 1.54) is 11.3 Å². The van der Waals surface area contributed by atoms with Crippen molar-refractivity contribution in [3.63, 3.8) is 0 Å². The molecule has 0 aliphatic carbocycles. The van der Waals surface area contributed by atoms with Crippen LogP contribution in [-0.2, 0) is 6.42 Å². The van der Waals surface area contributed by atoms with Crippen LogP contribution in [0.5, 0.6) is 0 Å². The third-order valence-corrected chi connectivity index (χ3v) is 2.82. The summed E-state index contributed by atoms with van der Waals surface area (Å²) in [4.78, 5) is 2.08. The molecule has 0 aliphatic heterocycles. The molecule has 1 unspecified atom stereocenters. The van der Waals surface area contributed by atoms with Gasteiger partial charge in [0.05, 0.1) is 12.3 Å². The Labute approximate surface area is 102 Å². The van der Waals surface area contributed by atoms with Crippen molar-refractivity contribution in [3.05, 3.63) is 54.0 Å². The third-order valence-electron chi connectivity index (χ3n) is 2.82. The van der Waals surface area contributed by atoms with E-state index in [0.717, 1.165) is 12.2 Å². The fourth-order valence-corrected chi connectivity index (χ4v) is 1.79. The molecule has 17 heavy (non-hydrogen) atoms. The first-order valence-electron chi connectivity index (χ1n) is 5.72. The van der Waals surface area contributed by atoms with Crippen molar-refractivity contribution >= 4 is 5.69 Å². The van der Waals surface area contributed by atoms with Crippen molar-refractivity contribution in [1.82, 2.24) is 0 Å². The molecule has 0 aliphatic rings. The molecule has 1 heterocycles. The van der Waals surface area contributed by atoms with Crippen LogP contribution < -0.4 is 10.6 Å². The van der Waals surface area contributed by atoms with E-state index < -0.39 is 0 Å². The molecule has 3 nitrogen and oxygen atoms in total. The first kappa shape index (κ1) is 11.7. The largest absolute Gasteiger partial charge is 0.468 e. The molecule has 2 aromatic rings. The molecule has 0 saturated heterocycles. The molecule has 1 aromatic carbocycles. The highest BCUT2D eigenvalue weighted by Crippen LogP contribution is 2.18. The monoisotopic (exact) mass is 230 g/mol. The van der Waals surface area contributed by atoms with E-state index in [0.29, 0.717) is 0 Å². The molecule has 1 aromatic heterocycles. The summed E-state index contributed by atoms with van der Waals surface area (Å²) in [5, 5.41) is 0. The van der Waals surface area contributed by atoms with Crippen LogP contribution >= 0.6 is 0 Å². The molecule has 2 N–H and O–H groups in total. The minimum Gasteiger partial charge on any atom is -0.468 e. The predicted octanol–water partition coefficient (Wildman–Crippen LogP) is 2.59. The lowest BCUT2D eigenvalue weighted by Gasteiger charge is -2.13. The zero-order valence-electron chi connectivity index (χ0n) is 10.3. The van der Waals surface area contributed by atoms with E-state index in [-0.39, 0.29) is 6.04 Å². The average molecular weight is 230 g/mol. The number of nitrogens with two attached hydrogens (primary N) is 1. The van der Waals surface area contributed by atoms with Gasteiger partial charge >= 0.3 is 0 Å². The highest BCUT2D eigenvalue weighted by molar-refractivity contribution is 5.46. The zero-order valence-corrected chi connectivity index (χ0v) is 10.3. The van der Waals surface area contributed by atoms with Crippen molar-refractivity contribution < 1.29 is 4.42 Å². The Kier molecular flexibility index (Phi) is 3.49. The fourth-order valence-electron chi connectivity index (χ4n) is 1.79. The minimum atomic E-state index is -0.0739. The molecule has 0 bridgehead atoms. The van der Waals surface area contributed by atoms with Crippen LogP contribution in [0.2, 0.25) is 0 Å². The summed E-state index contributed by atoms with van der Waals surface area (Å²) < 4.78 is 5.30. The minimum absolute atomic E-state index is 0.0739. The number of rotatable bonds is 4. The summed E-state index contributed by atoms with van der Waals surface area (Å²) in [5.74, 6) is 0.835. The van der Waals surface area contributed by atoms with Gasteiger partial charge in [0.15, 0.2) is 0 Å². The van der Waals surface area contributed by atoms with Crippen LogP contribution in [-0.4, -0.2) is 14.1 Å². The van der Waals surface area contributed by atoms with Gasteiger partial charge in [-0.25, -0.2) is 0 Å². The smallest absolute Gasteiger partial charge is 0.120 e. The standard InChI is InChI=1S/C14H18N2O/c1-16(2)12-7-5-11(6-8-12)10-13(15)14-4-3-9-17-14/h3-9,13H,10,15H2,1-2H3. The van der Waals surface area contributed by atoms with Crippen LogP contribution in [0.1, 0.15) is 17.4 Å². The van der Waals surface area contributed by atoms with Gasteiger partial charge in [0, 0.05) is 19.8 Å². The van der Waals surface area contributed by atoms with Gasteiger partial charge in [-0.05, 0) is 36.2 Å². The van der Waals surface area contributed by atoms with Crippen molar-refractivity contribution in [3.8, 4) is 0 Å². The molecule has 2 rings (SSSR count). The van der Waals surface area contributed by atoms with Crippen molar-refractivity contribution in [2.24, 2.45) is 5.73 Å². The number of hydrogen-bond donors (Lipinski definition) is 1. The first-order chi connectivity index (χ1) is 8.16. The summed E-state index contributed by atoms with van der Waals surface area (Å²) in [5.41, 5.74) is 8.48. The Hall–Kier alpha value is -1.74. The number of benzene rings is 1. The molecule has 0 radical (unpaired) electrons. The Bertz CT molecular complexity index is 446. The van der Waals surface area contributed by atoms with Crippen molar-refractivity contribution in [1.29, 1.82) is 0 Å². The molecule has 3 heteroatoms. The average Bonchev–Trinajstić information content (AvgIpc) is 2.83. The molecule has 0 spiro atoms. The summed E-state index contributed by atoms with van der Waals surface area (Å²) in [7, 11) is 4.06. The van der Waals surface area contributed by atoms with Crippen LogP contribution in [0, 0.1) is 0 Å². The Morgan fingerprint density at radius 1 is 1.18 bits per heavy atom. The summed E-state index contributed by atoms with van der Waals surface area (Å²) in [6.07, 6.45) is 2.45. The maximum Gasteiger partial charge on any atom is 0.120 e. The molecular weight excluding hydrogens is 212 g/mol.